The predicted molar refractivity (Wildman–Crippen MR) is 143 cm³/mol. The molecular formula is C25H29F3N8O4. The maximum atomic E-state index is 13.2. The van der Waals surface area contributed by atoms with E-state index in [1.165, 1.54) is 0 Å². The van der Waals surface area contributed by atoms with Gasteiger partial charge in [-0.15, -0.1) is 0 Å². The van der Waals surface area contributed by atoms with Crippen LogP contribution >= 0.6 is 0 Å². The van der Waals surface area contributed by atoms with E-state index in [2.05, 4.69) is 10.3 Å². The topological polar surface area (TPSA) is 229 Å². The van der Waals surface area contributed by atoms with E-state index in [-0.39, 0.29) is 11.8 Å². The number of nitrogen functional groups attached to an aromatic ring is 1. The van der Waals surface area contributed by atoms with Crippen LogP contribution in [0.1, 0.15) is 34.5 Å². The van der Waals surface area contributed by atoms with Crippen LogP contribution in [0, 0.1) is 5.41 Å². The van der Waals surface area contributed by atoms with Crippen molar-refractivity contribution in [2.75, 3.05) is 6.54 Å². The van der Waals surface area contributed by atoms with Crippen molar-refractivity contribution in [3.05, 3.63) is 71.4 Å². The van der Waals surface area contributed by atoms with Gasteiger partial charge in [-0.25, -0.2) is 4.79 Å². The highest BCUT2D eigenvalue weighted by Crippen LogP contribution is 2.22. The Labute approximate surface area is 226 Å². The summed E-state index contributed by atoms with van der Waals surface area (Å²) >= 11 is 0. The van der Waals surface area contributed by atoms with Crippen LogP contribution in [0.5, 0.6) is 0 Å². The van der Waals surface area contributed by atoms with E-state index in [1.807, 2.05) is 41.0 Å². The van der Waals surface area contributed by atoms with E-state index in [0.717, 1.165) is 16.5 Å². The first-order valence-corrected chi connectivity index (χ1v) is 11.7. The molecule has 0 bridgehead atoms. The number of halogens is 3. The minimum Gasteiger partial charge on any atom is -0.475 e. The Bertz CT molecular complexity index is 1400. The number of hydrogen-bond donors (Lipinski definition) is 7. The van der Waals surface area contributed by atoms with E-state index in [4.69, 9.17) is 38.2 Å². The lowest BCUT2D eigenvalue weighted by atomic mass is 10.1. The second-order valence-electron chi connectivity index (χ2n) is 8.47. The Morgan fingerprint density at radius 3 is 2.15 bits per heavy atom. The molecule has 2 aromatic carbocycles. The predicted octanol–water partition coefficient (Wildman–Crippen LogP) is 1.24. The highest BCUT2D eigenvalue weighted by Gasteiger charge is 2.38. The first-order chi connectivity index (χ1) is 18.7. The van der Waals surface area contributed by atoms with Crippen molar-refractivity contribution in [3.8, 4) is 0 Å². The van der Waals surface area contributed by atoms with Crippen molar-refractivity contribution in [2.45, 2.75) is 31.6 Å². The van der Waals surface area contributed by atoms with Crippen molar-refractivity contribution < 1.29 is 32.7 Å². The summed E-state index contributed by atoms with van der Waals surface area (Å²) in [5, 5.41) is 18.3. The molecule has 1 heterocycles. The van der Waals surface area contributed by atoms with Gasteiger partial charge in [-0.2, -0.15) is 13.2 Å². The SMILES string of the molecule is N=C(N)c1ccc(Cn2c(C(=O)NC(CCCN=C(N)N)C(N)=O)cc3ccccc32)cc1.O=C(O)C(F)(F)F. The zero-order valence-electron chi connectivity index (χ0n) is 21.1. The minimum atomic E-state index is -5.08. The number of hydrogen-bond acceptors (Lipinski definition) is 5. The van der Waals surface area contributed by atoms with Gasteiger partial charge in [-0.1, -0.05) is 42.5 Å². The number of nitrogens with zero attached hydrogens (tertiary/aromatic N) is 2. The molecule has 15 heteroatoms. The van der Waals surface area contributed by atoms with E-state index in [0.29, 0.717) is 37.2 Å². The fraction of sp³-hybridized carbons (Fsp3) is 0.240. The van der Waals surface area contributed by atoms with Crippen LogP contribution in [-0.4, -0.2) is 58.0 Å². The molecule has 0 saturated heterocycles. The van der Waals surface area contributed by atoms with Crippen LogP contribution in [0.25, 0.3) is 10.9 Å². The molecule has 1 unspecified atom stereocenters. The molecule has 0 saturated carbocycles. The number of carboxylic acids is 1. The van der Waals surface area contributed by atoms with Gasteiger partial charge in [0.15, 0.2) is 5.96 Å². The van der Waals surface area contributed by atoms with Gasteiger partial charge in [0.1, 0.15) is 17.6 Å². The molecular weight excluding hydrogens is 533 g/mol. The average molecular weight is 563 g/mol. The summed E-state index contributed by atoms with van der Waals surface area (Å²) in [6, 6.07) is 15.8. The summed E-state index contributed by atoms with van der Waals surface area (Å²) in [7, 11) is 0. The molecule has 11 N–H and O–H groups in total. The fourth-order valence-corrected chi connectivity index (χ4v) is 3.56. The molecule has 12 nitrogen and oxygen atoms in total. The van der Waals surface area contributed by atoms with E-state index < -0.39 is 30.0 Å². The highest BCUT2D eigenvalue weighted by atomic mass is 19.4. The van der Waals surface area contributed by atoms with Gasteiger partial charge in [0.25, 0.3) is 5.91 Å². The quantitative estimate of drug-likeness (QED) is 0.108. The monoisotopic (exact) mass is 562 g/mol. The van der Waals surface area contributed by atoms with Crippen LogP contribution in [0.2, 0.25) is 0 Å². The van der Waals surface area contributed by atoms with Crippen LogP contribution in [-0.2, 0) is 16.1 Å². The van der Waals surface area contributed by atoms with Crippen molar-refractivity contribution in [3.63, 3.8) is 0 Å². The third-order valence-electron chi connectivity index (χ3n) is 5.49. The van der Waals surface area contributed by atoms with Gasteiger partial charge in [-0.05, 0) is 30.5 Å². The van der Waals surface area contributed by atoms with Crippen LogP contribution in [0.3, 0.4) is 0 Å². The summed E-state index contributed by atoms with van der Waals surface area (Å²) in [5.74, 6) is -3.83. The lowest BCUT2D eigenvalue weighted by Crippen LogP contribution is -2.45. The lowest BCUT2D eigenvalue weighted by Gasteiger charge is -2.17. The van der Waals surface area contributed by atoms with Crippen LogP contribution in [0.4, 0.5) is 13.2 Å². The number of rotatable bonds is 10. The fourth-order valence-electron chi connectivity index (χ4n) is 3.56. The largest absolute Gasteiger partial charge is 0.490 e. The smallest absolute Gasteiger partial charge is 0.475 e. The summed E-state index contributed by atoms with van der Waals surface area (Å²) < 4.78 is 33.6. The zero-order valence-corrected chi connectivity index (χ0v) is 21.1. The minimum absolute atomic E-state index is 0.00892. The number of alkyl halides is 3. The Balaban J connectivity index is 0.000000708. The number of amides is 2. The number of carbonyl (C=O) groups excluding carboxylic acids is 2. The van der Waals surface area contributed by atoms with E-state index in [9.17, 15) is 22.8 Å². The van der Waals surface area contributed by atoms with Gasteiger partial charge < -0.3 is 37.9 Å². The third kappa shape index (κ3) is 9.04. The number of nitrogens with one attached hydrogen (secondary N) is 2. The number of aliphatic carboxylic acids is 1. The van der Waals surface area contributed by atoms with Crippen molar-refractivity contribution >= 4 is 40.5 Å². The standard InChI is InChI=1S/C23H28N8O2.C2HF3O2/c24-20(25)15-9-7-14(8-10-15)13-31-18-6-2-1-4-16(18)12-19(31)22(33)30-17(21(26)32)5-3-11-29-23(27)28;3-2(4,5)1(6)7/h1-2,4,6-10,12,17H,3,5,11,13H2,(H3,24,25)(H2,26,32)(H,30,33)(H4,27,28,29);(H,6,7). The number of amidine groups is 1. The summed E-state index contributed by atoms with van der Waals surface area (Å²) in [6.45, 7) is 0.749. The van der Waals surface area contributed by atoms with Gasteiger partial charge in [0, 0.05) is 29.6 Å². The highest BCUT2D eigenvalue weighted by molar-refractivity contribution is 6.00. The number of fused-ring (bicyclic) bond motifs is 1. The molecule has 1 atom stereocenters. The van der Waals surface area contributed by atoms with Gasteiger partial charge in [0.05, 0.1) is 0 Å². The maximum absolute atomic E-state index is 13.2. The average Bonchev–Trinajstić information content (AvgIpc) is 3.24. The van der Waals surface area contributed by atoms with Crippen molar-refractivity contribution in [1.82, 2.24) is 9.88 Å². The second-order valence-corrected chi connectivity index (χ2v) is 8.47. The molecule has 40 heavy (non-hydrogen) atoms. The van der Waals surface area contributed by atoms with Gasteiger partial charge in [-0.3, -0.25) is 20.0 Å². The molecule has 1 aromatic heterocycles. The second kappa shape index (κ2) is 13.6. The van der Waals surface area contributed by atoms with Crippen molar-refractivity contribution in [1.29, 1.82) is 5.41 Å². The molecule has 0 aliphatic carbocycles. The number of primary amides is 1. The molecule has 0 aliphatic heterocycles. The Kier molecular flexibility index (Phi) is 10.6. The Morgan fingerprint density at radius 1 is 1.02 bits per heavy atom. The number of guanidine groups is 1. The molecule has 3 rings (SSSR count). The molecule has 214 valence electrons. The van der Waals surface area contributed by atoms with E-state index in [1.54, 1.807) is 18.2 Å². The zero-order chi connectivity index (χ0) is 30.0. The molecule has 0 spiro atoms. The Hall–Kier alpha value is -5.08. The first kappa shape index (κ1) is 31.1. The molecule has 2 amide bonds. The maximum Gasteiger partial charge on any atom is 0.490 e. The number of aliphatic imine (C=N–C) groups is 1. The third-order valence-corrected chi connectivity index (χ3v) is 5.49. The van der Waals surface area contributed by atoms with Crippen LogP contribution < -0.4 is 28.3 Å². The number of carboxylic acid groups (broad SMARTS) is 1. The summed E-state index contributed by atoms with van der Waals surface area (Å²) in [6.07, 6.45) is -4.29. The first-order valence-electron chi connectivity index (χ1n) is 11.7. The summed E-state index contributed by atoms with van der Waals surface area (Å²) in [4.78, 5) is 37.9. The van der Waals surface area contributed by atoms with Crippen LogP contribution in [0.15, 0.2) is 59.6 Å². The molecule has 0 fully saturated rings. The number of carbonyl (C=O) groups is 3. The normalized spacial score (nSPS) is 11.6. The summed E-state index contributed by atoms with van der Waals surface area (Å²) in [5.41, 5.74) is 24.5. The van der Waals surface area contributed by atoms with Crippen molar-refractivity contribution in [2.24, 2.45) is 27.9 Å². The van der Waals surface area contributed by atoms with E-state index >= 15 is 0 Å². The number of benzene rings is 2. The Morgan fingerprint density at radius 2 is 1.62 bits per heavy atom. The number of aromatic nitrogens is 1. The molecule has 0 radical (unpaired) electrons. The molecule has 3 aromatic rings. The molecule has 0 aliphatic rings. The van der Waals surface area contributed by atoms with Gasteiger partial charge >= 0.3 is 12.1 Å². The van der Waals surface area contributed by atoms with Gasteiger partial charge in [0.2, 0.25) is 5.91 Å². The lowest BCUT2D eigenvalue weighted by molar-refractivity contribution is -0.192. The number of para-hydroxylation sites is 1. The number of nitrogens with two attached hydrogens (primary N) is 4.